The van der Waals surface area contributed by atoms with Crippen LogP contribution in [0.15, 0.2) is 0 Å². The molecule has 0 spiro atoms. The Balaban J connectivity index is 2.75. The summed E-state index contributed by atoms with van der Waals surface area (Å²) in [5.41, 5.74) is 5.72. The van der Waals surface area contributed by atoms with Gasteiger partial charge in [0, 0.05) is 6.42 Å². The van der Waals surface area contributed by atoms with Crippen LogP contribution in [-0.2, 0) is 4.79 Å². The number of rotatable bonds is 7. The molecule has 0 aromatic carbocycles. The second kappa shape index (κ2) is 10.3. The van der Waals surface area contributed by atoms with Crippen molar-refractivity contribution in [3.63, 3.8) is 0 Å². The Morgan fingerprint density at radius 3 is 2.57 bits per heavy atom. The van der Waals surface area contributed by atoms with Crippen LogP contribution in [0.25, 0.3) is 0 Å². The summed E-state index contributed by atoms with van der Waals surface area (Å²) in [6.07, 6.45) is 9.28. The lowest BCUT2D eigenvalue weighted by atomic mass is 9.83. The van der Waals surface area contributed by atoms with Crippen molar-refractivity contribution < 1.29 is 15.0 Å². The topological polar surface area (TPSA) is 95.6 Å². The van der Waals surface area contributed by atoms with E-state index in [1.807, 2.05) is 0 Å². The molecule has 0 heterocycles. The van der Waals surface area contributed by atoms with Crippen molar-refractivity contribution >= 4 is 5.91 Å². The van der Waals surface area contributed by atoms with Gasteiger partial charge < -0.3 is 21.3 Å². The average molecular weight is 320 g/mol. The zero-order valence-corrected chi connectivity index (χ0v) is 13.8. The number of amides is 1. The van der Waals surface area contributed by atoms with Crippen LogP contribution in [0.2, 0.25) is 0 Å². The molecule has 128 valence electrons. The van der Waals surface area contributed by atoms with Crippen LogP contribution in [-0.4, -0.2) is 40.4 Å². The van der Waals surface area contributed by atoms with E-state index in [-0.39, 0.29) is 6.42 Å². The molecule has 0 radical (unpaired) electrons. The third kappa shape index (κ3) is 6.62. The standard InChI is InChI=1S/C18H28N2O3/c1-3-8-14(19)18(23)20-15(17(22)16(21)9-4-2)12-13-10-6-5-7-11-13/h1,13-17,21-22H,5-8,10-12,19H2,2H3,(H,20,23)/t14-,15+,16+,17-/m1/s1. The second-order valence-corrected chi connectivity index (χ2v) is 6.20. The average Bonchev–Trinajstić information content (AvgIpc) is 2.54. The van der Waals surface area contributed by atoms with Gasteiger partial charge in [-0.05, 0) is 19.3 Å². The largest absolute Gasteiger partial charge is 0.387 e. The van der Waals surface area contributed by atoms with E-state index in [2.05, 4.69) is 23.1 Å². The molecular weight excluding hydrogens is 292 g/mol. The quantitative estimate of drug-likeness (QED) is 0.515. The van der Waals surface area contributed by atoms with Gasteiger partial charge in [0.1, 0.15) is 12.2 Å². The van der Waals surface area contributed by atoms with Gasteiger partial charge in [-0.15, -0.1) is 18.3 Å². The molecule has 0 aliphatic heterocycles. The first-order chi connectivity index (χ1) is 11.0. The normalized spacial score (nSPS) is 20.3. The van der Waals surface area contributed by atoms with E-state index in [9.17, 15) is 15.0 Å². The molecule has 1 aliphatic rings. The van der Waals surface area contributed by atoms with Crippen LogP contribution in [0.3, 0.4) is 0 Å². The first kappa shape index (κ1) is 19.5. The van der Waals surface area contributed by atoms with E-state index in [0.717, 1.165) is 25.7 Å². The highest BCUT2D eigenvalue weighted by molar-refractivity contribution is 5.82. The number of terminal acetylenes is 1. The van der Waals surface area contributed by atoms with Crippen molar-refractivity contribution in [2.45, 2.75) is 76.2 Å². The molecule has 0 bridgehead atoms. The van der Waals surface area contributed by atoms with Crippen molar-refractivity contribution in [1.82, 2.24) is 5.32 Å². The van der Waals surface area contributed by atoms with Gasteiger partial charge in [-0.25, -0.2) is 0 Å². The minimum Gasteiger partial charge on any atom is -0.387 e. The number of nitrogens with two attached hydrogens (primary N) is 1. The van der Waals surface area contributed by atoms with Gasteiger partial charge in [0.05, 0.1) is 12.1 Å². The molecule has 1 aliphatic carbocycles. The van der Waals surface area contributed by atoms with Crippen LogP contribution in [0.4, 0.5) is 0 Å². The molecule has 5 heteroatoms. The van der Waals surface area contributed by atoms with E-state index in [1.165, 1.54) is 6.42 Å². The Kier molecular flexibility index (Phi) is 8.73. The van der Waals surface area contributed by atoms with Crippen molar-refractivity contribution in [2.24, 2.45) is 11.7 Å². The Morgan fingerprint density at radius 2 is 2.00 bits per heavy atom. The van der Waals surface area contributed by atoms with Crippen molar-refractivity contribution in [3.05, 3.63) is 0 Å². The highest BCUT2D eigenvalue weighted by Gasteiger charge is 2.30. The molecule has 23 heavy (non-hydrogen) atoms. The molecular formula is C18H28N2O3. The number of aliphatic hydroxyl groups excluding tert-OH is 2. The third-order valence-corrected chi connectivity index (χ3v) is 4.34. The van der Waals surface area contributed by atoms with E-state index >= 15 is 0 Å². The van der Waals surface area contributed by atoms with Crippen LogP contribution in [0, 0.1) is 30.1 Å². The maximum atomic E-state index is 12.1. The third-order valence-electron chi connectivity index (χ3n) is 4.34. The van der Waals surface area contributed by atoms with Crippen LogP contribution in [0.5, 0.6) is 0 Å². The highest BCUT2D eigenvalue weighted by Crippen LogP contribution is 2.28. The number of hydrogen-bond donors (Lipinski definition) is 4. The molecule has 5 N–H and O–H groups in total. The maximum Gasteiger partial charge on any atom is 0.238 e. The van der Waals surface area contributed by atoms with Crippen LogP contribution >= 0.6 is 0 Å². The number of hydrogen-bond acceptors (Lipinski definition) is 4. The molecule has 1 saturated carbocycles. The summed E-state index contributed by atoms with van der Waals surface area (Å²) in [7, 11) is 0. The Labute approximate surface area is 139 Å². The lowest BCUT2D eigenvalue weighted by molar-refractivity contribution is -0.124. The van der Waals surface area contributed by atoms with Gasteiger partial charge in [-0.2, -0.15) is 0 Å². The van der Waals surface area contributed by atoms with E-state index in [4.69, 9.17) is 12.2 Å². The predicted molar refractivity (Wildman–Crippen MR) is 90.0 cm³/mol. The summed E-state index contributed by atoms with van der Waals surface area (Å²) in [5.74, 6) is 7.49. The van der Waals surface area contributed by atoms with Crippen LogP contribution < -0.4 is 11.1 Å². The van der Waals surface area contributed by atoms with Gasteiger partial charge >= 0.3 is 0 Å². The molecule has 0 aromatic rings. The maximum absolute atomic E-state index is 12.1. The molecule has 4 atom stereocenters. The van der Waals surface area contributed by atoms with E-state index in [0.29, 0.717) is 12.3 Å². The summed E-state index contributed by atoms with van der Waals surface area (Å²) in [4.78, 5) is 12.1. The SMILES string of the molecule is C#CC[C@@H](N)C(=O)N[C@@H](CC1CCCCC1)[C@@H](O)[C@@H](O)C#CC. The first-order valence-corrected chi connectivity index (χ1v) is 8.27. The molecule has 0 unspecified atom stereocenters. The molecule has 0 aromatic heterocycles. The summed E-state index contributed by atoms with van der Waals surface area (Å²) in [6.45, 7) is 1.59. The smallest absolute Gasteiger partial charge is 0.238 e. The summed E-state index contributed by atoms with van der Waals surface area (Å²) in [6, 6.07) is -1.39. The molecule has 1 rings (SSSR count). The van der Waals surface area contributed by atoms with Crippen molar-refractivity contribution in [1.29, 1.82) is 0 Å². The summed E-state index contributed by atoms with van der Waals surface area (Å²) < 4.78 is 0. The zero-order chi connectivity index (χ0) is 17.2. The van der Waals surface area contributed by atoms with Crippen LogP contribution in [0.1, 0.15) is 51.9 Å². The van der Waals surface area contributed by atoms with Crippen molar-refractivity contribution in [2.75, 3.05) is 0 Å². The Morgan fingerprint density at radius 1 is 1.35 bits per heavy atom. The van der Waals surface area contributed by atoms with E-state index < -0.39 is 30.2 Å². The zero-order valence-electron chi connectivity index (χ0n) is 13.8. The first-order valence-electron chi connectivity index (χ1n) is 8.27. The monoisotopic (exact) mass is 320 g/mol. The minimum atomic E-state index is -1.20. The minimum absolute atomic E-state index is 0.134. The van der Waals surface area contributed by atoms with Gasteiger partial charge in [0.15, 0.2) is 0 Å². The Hall–Kier alpha value is -1.53. The number of aliphatic hydroxyl groups is 2. The second-order valence-electron chi connectivity index (χ2n) is 6.20. The van der Waals surface area contributed by atoms with Gasteiger partial charge in [0.2, 0.25) is 5.91 Å². The molecule has 1 fully saturated rings. The number of nitrogens with one attached hydrogen (secondary N) is 1. The lowest BCUT2D eigenvalue weighted by Gasteiger charge is -2.31. The molecule has 1 amide bonds. The highest BCUT2D eigenvalue weighted by atomic mass is 16.3. The fourth-order valence-corrected chi connectivity index (χ4v) is 3.03. The van der Waals surface area contributed by atoms with Gasteiger partial charge in [-0.1, -0.05) is 38.0 Å². The van der Waals surface area contributed by atoms with Gasteiger partial charge in [0.25, 0.3) is 0 Å². The van der Waals surface area contributed by atoms with Gasteiger partial charge in [-0.3, -0.25) is 4.79 Å². The predicted octanol–water partition coefficient (Wildman–Crippen LogP) is 0.537. The summed E-state index contributed by atoms with van der Waals surface area (Å²) in [5, 5.41) is 23.0. The summed E-state index contributed by atoms with van der Waals surface area (Å²) >= 11 is 0. The fourth-order valence-electron chi connectivity index (χ4n) is 3.03. The van der Waals surface area contributed by atoms with E-state index in [1.54, 1.807) is 6.92 Å². The lowest BCUT2D eigenvalue weighted by Crippen LogP contribution is -2.53. The number of carbonyl (C=O) groups excluding carboxylic acids is 1. The molecule has 5 nitrogen and oxygen atoms in total. The molecule has 0 saturated heterocycles. The fraction of sp³-hybridized carbons (Fsp3) is 0.722. The van der Waals surface area contributed by atoms with Crippen molar-refractivity contribution in [3.8, 4) is 24.2 Å². The number of carbonyl (C=O) groups is 1. The Bertz CT molecular complexity index is 469.